The topological polar surface area (TPSA) is 97.8 Å². The lowest BCUT2D eigenvalue weighted by molar-refractivity contribution is -0.145. The largest absolute Gasteiger partial charge is 0.478 e. The first-order valence-corrected chi connectivity index (χ1v) is 9.98. The number of thiazole rings is 1. The van der Waals surface area contributed by atoms with E-state index in [9.17, 15) is 9.59 Å². The second kappa shape index (κ2) is 10.2. The highest BCUT2D eigenvalue weighted by atomic mass is 32.1. The number of nitrogens with zero attached hydrogens (tertiary/aromatic N) is 1. The smallest absolute Gasteiger partial charge is 0.331 e. The first-order valence-electron chi connectivity index (χ1n) is 9.16. The van der Waals surface area contributed by atoms with Crippen LogP contribution >= 0.6 is 11.3 Å². The summed E-state index contributed by atoms with van der Waals surface area (Å²) in [6.45, 7) is 8.35. The van der Waals surface area contributed by atoms with Gasteiger partial charge in [0.2, 0.25) is 5.88 Å². The molecular weight excluding hydrogens is 392 g/mol. The summed E-state index contributed by atoms with van der Waals surface area (Å²) in [6, 6.07) is 9.81. The number of aryl methyl sites for hydroxylation is 1. The fraction of sp³-hybridized carbons (Fsp3) is 0.381. The van der Waals surface area contributed by atoms with Gasteiger partial charge in [0.1, 0.15) is 17.7 Å². The lowest BCUT2D eigenvalue weighted by Gasteiger charge is -2.25. The molecule has 0 aliphatic carbocycles. The molecule has 0 bridgehead atoms. The van der Waals surface area contributed by atoms with Crippen molar-refractivity contribution in [2.75, 3.05) is 13.2 Å². The van der Waals surface area contributed by atoms with Crippen LogP contribution in [-0.4, -0.2) is 46.8 Å². The molecule has 0 amide bonds. The Labute approximate surface area is 174 Å². The predicted octanol–water partition coefficient (Wildman–Crippen LogP) is 3.44. The molecule has 2 aromatic rings. The number of aliphatic carboxylic acids is 1. The second-order valence-corrected chi connectivity index (χ2v) is 8.62. The van der Waals surface area contributed by atoms with Crippen molar-refractivity contribution < 1.29 is 24.2 Å². The van der Waals surface area contributed by atoms with E-state index in [-0.39, 0.29) is 12.1 Å². The molecule has 0 aliphatic rings. The van der Waals surface area contributed by atoms with Gasteiger partial charge in [0.15, 0.2) is 0 Å². The Morgan fingerprint density at radius 2 is 1.93 bits per heavy atom. The van der Waals surface area contributed by atoms with E-state index in [0.29, 0.717) is 12.4 Å². The Morgan fingerprint density at radius 3 is 2.55 bits per heavy atom. The number of benzene rings is 1. The van der Waals surface area contributed by atoms with Gasteiger partial charge >= 0.3 is 11.9 Å². The van der Waals surface area contributed by atoms with Crippen LogP contribution < -0.4 is 10.1 Å². The molecule has 0 fully saturated rings. The third kappa shape index (κ3) is 8.05. The van der Waals surface area contributed by atoms with E-state index in [1.807, 2.05) is 58.0 Å². The molecule has 156 valence electrons. The highest BCUT2D eigenvalue weighted by Crippen LogP contribution is 2.31. The van der Waals surface area contributed by atoms with Gasteiger partial charge < -0.3 is 19.9 Å². The van der Waals surface area contributed by atoms with Crippen molar-refractivity contribution in [3.05, 3.63) is 47.4 Å². The molecule has 1 heterocycles. The zero-order valence-corrected chi connectivity index (χ0v) is 17.8. The minimum absolute atomic E-state index is 0.0918. The number of ether oxygens (including phenoxy) is 2. The van der Waals surface area contributed by atoms with Crippen molar-refractivity contribution >= 4 is 23.3 Å². The van der Waals surface area contributed by atoms with E-state index < -0.39 is 18.0 Å². The third-order valence-corrected chi connectivity index (χ3v) is 4.69. The van der Waals surface area contributed by atoms with Gasteiger partial charge in [-0.05, 0) is 27.7 Å². The fourth-order valence-electron chi connectivity index (χ4n) is 2.29. The number of hydrogen-bond donors (Lipinski definition) is 2. The summed E-state index contributed by atoms with van der Waals surface area (Å²) >= 11 is 1.53. The minimum Gasteiger partial charge on any atom is -0.478 e. The highest BCUT2D eigenvalue weighted by Gasteiger charge is 2.20. The average molecular weight is 419 g/mol. The van der Waals surface area contributed by atoms with Crippen molar-refractivity contribution in [3.63, 3.8) is 0 Å². The lowest BCUT2D eigenvalue weighted by atomic mass is 10.1. The van der Waals surface area contributed by atoms with Gasteiger partial charge in [0, 0.05) is 29.8 Å². The molecule has 0 aliphatic heterocycles. The van der Waals surface area contributed by atoms with Crippen LogP contribution in [0.4, 0.5) is 0 Å². The van der Waals surface area contributed by atoms with Gasteiger partial charge in [0.05, 0.1) is 4.88 Å². The van der Waals surface area contributed by atoms with Crippen molar-refractivity contribution in [2.24, 2.45) is 0 Å². The summed E-state index contributed by atoms with van der Waals surface area (Å²) in [5.74, 6) is -1.46. The molecular formula is C21H26N2O5S. The van der Waals surface area contributed by atoms with Crippen LogP contribution in [0.25, 0.3) is 10.6 Å². The molecule has 1 atom stereocenters. The Balaban J connectivity index is 2.05. The molecule has 29 heavy (non-hydrogen) atoms. The number of carbonyl (C=O) groups is 2. The van der Waals surface area contributed by atoms with Crippen molar-refractivity contribution in [1.29, 1.82) is 0 Å². The quantitative estimate of drug-likeness (QED) is 0.475. The summed E-state index contributed by atoms with van der Waals surface area (Å²) in [4.78, 5) is 27.9. The SMILES string of the molecule is Cc1sc(-c2ccccc2)nc1OCC(CNC(C)(C)C)OC(=O)/C=C\C(=O)O. The maximum atomic E-state index is 11.9. The van der Waals surface area contributed by atoms with Crippen molar-refractivity contribution in [1.82, 2.24) is 10.3 Å². The van der Waals surface area contributed by atoms with Gasteiger partial charge in [-0.1, -0.05) is 30.3 Å². The van der Waals surface area contributed by atoms with E-state index in [0.717, 1.165) is 27.6 Å². The van der Waals surface area contributed by atoms with Crippen molar-refractivity contribution in [3.8, 4) is 16.5 Å². The van der Waals surface area contributed by atoms with Gasteiger partial charge in [-0.3, -0.25) is 0 Å². The van der Waals surface area contributed by atoms with Gasteiger partial charge in [-0.25, -0.2) is 14.6 Å². The molecule has 0 spiro atoms. The maximum Gasteiger partial charge on any atom is 0.331 e. The molecule has 2 N–H and O–H groups in total. The Bertz CT molecular complexity index is 856. The normalized spacial score (nSPS) is 12.7. The standard InChI is InChI=1S/C21H26N2O5S/c1-14-19(23-20(29-14)15-8-6-5-7-9-15)27-13-16(12-22-21(2,3)4)28-18(26)11-10-17(24)25/h5-11,16,22H,12-13H2,1-4H3,(H,24,25)/b11-10-. The van der Waals surface area contributed by atoms with Crippen LogP contribution in [0.5, 0.6) is 5.88 Å². The lowest BCUT2D eigenvalue weighted by Crippen LogP contribution is -2.44. The number of aromatic nitrogens is 1. The van der Waals surface area contributed by atoms with Crippen LogP contribution in [0, 0.1) is 6.92 Å². The number of carboxylic acid groups (broad SMARTS) is 1. The first-order chi connectivity index (χ1) is 13.6. The zero-order valence-electron chi connectivity index (χ0n) is 17.0. The van der Waals surface area contributed by atoms with Gasteiger partial charge in [-0.2, -0.15) is 0 Å². The van der Waals surface area contributed by atoms with Gasteiger partial charge in [-0.15, -0.1) is 11.3 Å². The maximum absolute atomic E-state index is 11.9. The summed E-state index contributed by atoms with van der Waals surface area (Å²) in [6.07, 6.45) is 1.02. The first kappa shape index (κ1) is 22.6. The third-order valence-electron chi connectivity index (χ3n) is 3.69. The molecule has 1 unspecified atom stereocenters. The Morgan fingerprint density at radius 1 is 1.24 bits per heavy atom. The van der Waals surface area contributed by atoms with Crippen molar-refractivity contribution in [2.45, 2.75) is 39.3 Å². The molecule has 8 heteroatoms. The van der Waals surface area contributed by atoms with Crippen LogP contribution in [0.2, 0.25) is 0 Å². The number of carbonyl (C=O) groups excluding carboxylic acids is 1. The number of nitrogens with one attached hydrogen (secondary N) is 1. The summed E-state index contributed by atoms with van der Waals surface area (Å²) in [5, 5.41) is 12.8. The Hall–Kier alpha value is -2.71. The van der Waals surface area contributed by atoms with E-state index >= 15 is 0 Å². The fourth-order valence-corrected chi connectivity index (χ4v) is 3.15. The predicted molar refractivity (Wildman–Crippen MR) is 112 cm³/mol. The molecule has 2 rings (SSSR count). The number of rotatable bonds is 9. The Kier molecular flexibility index (Phi) is 7.92. The van der Waals surface area contributed by atoms with E-state index in [4.69, 9.17) is 14.6 Å². The zero-order chi connectivity index (χ0) is 21.4. The monoisotopic (exact) mass is 418 g/mol. The molecule has 0 saturated heterocycles. The molecule has 0 saturated carbocycles. The van der Waals surface area contributed by atoms with E-state index in [1.54, 1.807) is 0 Å². The summed E-state index contributed by atoms with van der Waals surface area (Å²) in [7, 11) is 0. The molecule has 7 nitrogen and oxygen atoms in total. The number of carboxylic acids is 1. The molecule has 0 radical (unpaired) electrons. The average Bonchev–Trinajstić information content (AvgIpc) is 3.03. The van der Waals surface area contributed by atoms with Gasteiger partial charge in [0.25, 0.3) is 0 Å². The van der Waals surface area contributed by atoms with E-state index in [1.165, 1.54) is 11.3 Å². The van der Waals surface area contributed by atoms with Crippen LogP contribution in [0.3, 0.4) is 0 Å². The van der Waals surface area contributed by atoms with E-state index in [2.05, 4.69) is 10.3 Å². The van der Waals surface area contributed by atoms with Crippen LogP contribution in [0.15, 0.2) is 42.5 Å². The second-order valence-electron chi connectivity index (χ2n) is 7.42. The van der Waals surface area contributed by atoms with Crippen LogP contribution in [0.1, 0.15) is 25.6 Å². The van der Waals surface area contributed by atoms with Crippen LogP contribution in [-0.2, 0) is 14.3 Å². The summed E-state index contributed by atoms with van der Waals surface area (Å²) in [5.41, 5.74) is 0.824. The minimum atomic E-state index is -1.21. The highest BCUT2D eigenvalue weighted by molar-refractivity contribution is 7.15. The summed E-state index contributed by atoms with van der Waals surface area (Å²) < 4.78 is 11.2. The number of hydrogen-bond acceptors (Lipinski definition) is 7. The molecule has 1 aromatic heterocycles. The molecule has 1 aromatic carbocycles. The number of esters is 1.